The average Bonchev–Trinajstić information content (AvgIpc) is 2.14. The van der Waals surface area contributed by atoms with Gasteiger partial charge in [0.2, 0.25) is 0 Å². The molecule has 0 aliphatic rings. The van der Waals surface area contributed by atoms with Crippen molar-refractivity contribution in [1.82, 2.24) is 0 Å². The Morgan fingerprint density at radius 2 is 1.53 bits per heavy atom. The summed E-state index contributed by atoms with van der Waals surface area (Å²) in [5.41, 5.74) is 1.30. The SMILES string of the molecule is CC(C)C(O[Si](C)(C)C)c1ccccc1. The van der Waals surface area contributed by atoms with Gasteiger partial charge in [0.05, 0.1) is 6.10 Å². The highest BCUT2D eigenvalue weighted by Gasteiger charge is 2.24. The summed E-state index contributed by atoms with van der Waals surface area (Å²) in [7, 11) is -1.47. The Labute approximate surface area is 94.6 Å². The third kappa shape index (κ3) is 4.18. The fourth-order valence-corrected chi connectivity index (χ4v) is 2.78. The Kier molecular flexibility index (Phi) is 4.11. The molecule has 0 bridgehead atoms. The molecule has 2 heteroatoms. The summed E-state index contributed by atoms with van der Waals surface area (Å²) in [5.74, 6) is 0.527. The molecule has 1 unspecified atom stereocenters. The maximum absolute atomic E-state index is 6.22. The second kappa shape index (κ2) is 4.95. The fraction of sp³-hybridized carbons (Fsp3) is 0.538. The second-order valence-electron chi connectivity index (χ2n) is 5.31. The van der Waals surface area contributed by atoms with Gasteiger partial charge in [-0.25, -0.2) is 0 Å². The monoisotopic (exact) mass is 222 g/mol. The minimum absolute atomic E-state index is 0.248. The molecule has 0 N–H and O–H groups in total. The lowest BCUT2D eigenvalue weighted by atomic mass is 9.99. The summed E-state index contributed by atoms with van der Waals surface area (Å²) in [5, 5.41) is 0. The van der Waals surface area contributed by atoms with Gasteiger partial charge in [-0.2, -0.15) is 0 Å². The molecule has 0 aliphatic carbocycles. The van der Waals surface area contributed by atoms with Gasteiger partial charge < -0.3 is 4.43 Å². The number of hydrogen-bond acceptors (Lipinski definition) is 1. The Balaban J connectivity index is 2.85. The first-order valence-electron chi connectivity index (χ1n) is 5.63. The average molecular weight is 222 g/mol. The molecule has 0 amide bonds. The second-order valence-corrected chi connectivity index (χ2v) is 9.77. The number of hydrogen-bond donors (Lipinski definition) is 0. The standard InChI is InChI=1S/C13H22OSi/c1-11(2)13(14-15(3,4)5)12-9-7-6-8-10-12/h6-11,13H,1-5H3. The third-order valence-electron chi connectivity index (χ3n) is 2.21. The maximum Gasteiger partial charge on any atom is 0.184 e. The quantitative estimate of drug-likeness (QED) is 0.693. The summed E-state index contributed by atoms with van der Waals surface area (Å²) < 4.78 is 6.22. The summed E-state index contributed by atoms with van der Waals surface area (Å²) in [6, 6.07) is 10.5. The van der Waals surface area contributed by atoms with E-state index in [-0.39, 0.29) is 6.10 Å². The molecule has 1 atom stereocenters. The van der Waals surface area contributed by atoms with Crippen molar-refractivity contribution < 1.29 is 4.43 Å². The predicted molar refractivity (Wildman–Crippen MR) is 68.5 cm³/mol. The van der Waals surface area contributed by atoms with E-state index in [1.165, 1.54) is 5.56 Å². The van der Waals surface area contributed by atoms with Gasteiger partial charge in [-0.3, -0.25) is 0 Å². The van der Waals surface area contributed by atoms with Crippen molar-refractivity contribution in [3.8, 4) is 0 Å². The zero-order valence-electron chi connectivity index (χ0n) is 10.4. The first-order valence-corrected chi connectivity index (χ1v) is 9.04. The summed E-state index contributed by atoms with van der Waals surface area (Å²) in [6.45, 7) is 11.2. The van der Waals surface area contributed by atoms with Crippen molar-refractivity contribution in [1.29, 1.82) is 0 Å². The van der Waals surface area contributed by atoms with Gasteiger partial charge in [0.25, 0.3) is 0 Å². The van der Waals surface area contributed by atoms with E-state index in [1.54, 1.807) is 0 Å². The fourth-order valence-electron chi connectivity index (χ4n) is 1.61. The first kappa shape index (κ1) is 12.5. The third-order valence-corrected chi connectivity index (χ3v) is 3.18. The van der Waals surface area contributed by atoms with Crippen LogP contribution in [-0.2, 0) is 4.43 Å². The van der Waals surface area contributed by atoms with Crippen LogP contribution in [0, 0.1) is 5.92 Å². The van der Waals surface area contributed by atoms with Gasteiger partial charge >= 0.3 is 0 Å². The Morgan fingerprint density at radius 3 is 1.93 bits per heavy atom. The van der Waals surface area contributed by atoms with Crippen molar-refractivity contribution >= 4 is 8.32 Å². The molecule has 0 saturated carbocycles. The van der Waals surface area contributed by atoms with Crippen LogP contribution in [0.5, 0.6) is 0 Å². The summed E-state index contributed by atoms with van der Waals surface area (Å²) >= 11 is 0. The normalized spacial score (nSPS) is 14.3. The van der Waals surface area contributed by atoms with Gasteiger partial charge in [-0.1, -0.05) is 44.2 Å². The first-order chi connectivity index (χ1) is 6.90. The van der Waals surface area contributed by atoms with Crippen LogP contribution in [0.3, 0.4) is 0 Å². The number of benzene rings is 1. The van der Waals surface area contributed by atoms with E-state index in [9.17, 15) is 0 Å². The van der Waals surface area contributed by atoms with Crippen LogP contribution in [0.2, 0.25) is 19.6 Å². The minimum Gasteiger partial charge on any atom is -0.410 e. The Morgan fingerprint density at radius 1 is 1.00 bits per heavy atom. The Bertz CT molecular complexity index is 287. The van der Waals surface area contributed by atoms with Gasteiger partial charge in [0.1, 0.15) is 0 Å². The molecule has 0 saturated heterocycles. The molecular weight excluding hydrogens is 200 g/mol. The molecule has 15 heavy (non-hydrogen) atoms. The van der Waals surface area contributed by atoms with E-state index < -0.39 is 8.32 Å². The van der Waals surface area contributed by atoms with Crippen molar-refractivity contribution in [2.45, 2.75) is 39.6 Å². The molecule has 0 heterocycles. The van der Waals surface area contributed by atoms with Gasteiger partial charge in [0.15, 0.2) is 8.32 Å². The molecule has 0 spiro atoms. The molecule has 84 valence electrons. The highest BCUT2D eigenvalue weighted by Crippen LogP contribution is 2.28. The zero-order valence-corrected chi connectivity index (χ0v) is 11.4. The number of rotatable bonds is 4. The summed E-state index contributed by atoms with van der Waals surface area (Å²) in [6.07, 6.45) is 0.248. The molecule has 1 aromatic rings. The van der Waals surface area contributed by atoms with E-state index in [0.29, 0.717) is 5.92 Å². The van der Waals surface area contributed by atoms with Crippen LogP contribution in [-0.4, -0.2) is 8.32 Å². The molecular formula is C13H22OSi. The van der Waals surface area contributed by atoms with Crippen molar-refractivity contribution in [3.05, 3.63) is 35.9 Å². The lowest BCUT2D eigenvalue weighted by molar-refractivity contribution is 0.146. The topological polar surface area (TPSA) is 9.23 Å². The lowest BCUT2D eigenvalue weighted by Gasteiger charge is -2.29. The van der Waals surface area contributed by atoms with Crippen LogP contribution in [0.15, 0.2) is 30.3 Å². The highest BCUT2D eigenvalue weighted by molar-refractivity contribution is 6.69. The van der Waals surface area contributed by atoms with Crippen LogP contribution < -0.4 is 0 Å². The predicted octanol–water partition coefficient (Wildman–Crippen LogP) is 4.24. The molecule has 1 aromatic carbocycles. The lowest BCUT2D eigenvalue weighted by Crippen LogP contribution is -2.30. The van der Waals surface area contributed by atoms with Gasteiger partial charge in [0, 0.05) is 0 Å². The van der Waals surface area contributed by atoms with Crippen LogP contribution in [0.25, 0.3) is 0 Å². The van der Waals surface area contributed by atoms with Crippen LogP contribution in [0.4, 0.5) is 0 Å². The van der Waals surface area contributed by atoms with Crippen molar-refractivity contribution in [2.24, 2.45) is 5.92 Å². The molecule has 0 radical (unpaired) electrons. The molecule has 0 aliphatic heterocycles. The maximum atomic E-state index is 6.22. The van der Waals surface area contributed by atoms with E-state index in [4.69, 9.17) is 4.43 Å². The molecule has 0 fully saturated rings. The van der Waals surface area contributed by atoms with Crippen LogP contribution >= 0.6 is 0 Å². The molecule has 1 rings (SSSR count). The van der Waals surface area contributed by atoms with E-state index in [1.807, 2.05) is 0 Å². The smallest absolute Gasteiger partial charge is 0.184 e. The highest BCUT2D eigenvalue weighted by atomic mass is 28.4. The van der Waals surface area contributed by atoms with Crippen LogP contribution in [0.1, 0.15) is 25.5 Å². The minimum atomic E-state index is -1.47. The molecule has 0 aromatic heterocycles. The largest absolute Gasteiger partial charge is 0.410 e. The molecule has 1 nitrogen and oxygen atoms in total. The van der Waals surface area contributed by atoms with Crippen molar-refractivity contribution in [2.75, 3.05) is 0 Å². The van der Waals surface area contributed by atoms with Crippen molar-refractivity contribution in [3.63, 3.8) is 0 Å². The van der Waals surface area contributed by atoms with Gasteiger partial charge in [-0.05, 0) is 31.1 Å². The summed E-state index contributed by atoms with van der Waals surface area (Å²) in [4.78, 5) is 0. The van der Waals surface area contributed by atoms with E-state index in [2.05, 4.69) is 63.8 Å². The van der Waals surface area contributed by atoms with E-state index >= 15 is 0 Å². The Hall–Kier alpha value is -0.603. The van der Waals surface area contributed by atoms with Gasteiger partial charge in [-0.15, -0.1) is 0 Å². The zero-order chi connectivity index (χ0) is 11.5. The van der Waals surface area contributed by atoms with E-state index in [0.717, 1.165) is 0 Å².